The van der Waals surface area contributed by atoms with Crippen LogP contribution in [-0.4, -0.2) is 4.98 Å². The number of nitriles is 1. The first-order chi connectivity index (χ1) is 9.60. The Labute approximate surface area is 115 Å². The average Bonchev–Trinajstić information content (AvgIpc) is 2.43. The Hall–Kier alpha value is -2.32. The van der Waals surface area contributed by atoms with Crippen LogP contribution < -0.4 is 5.32 Å². The molecule has 0 spiro atoms. The lowest BCUT2D eigenvalue weighted by Gasteiger charge is -2.08. The van der Waals surface area contributed by atoms with Gasteiger partial charge in [0, 0.05) is 30.5 Å². The number of aryl methyl sites for hydroxylation is 1. The van der Waals surface area contributed by atoms with Crippen LogP contribution in [0.3, 0.4) is 0 Å². The molecule has 1 aromatic carbocycles. The topological polar surface area (TPSA) is 48.7 Å². The number of nitrogens with one attached hydrogen (secondary N) is 1. The maximum absolute atomic E-state index is 13.6. The second kappa shape index (κ2) is 6.22. The highest BCUT2D eigenvalue weighted by molar-refractivity contribution is 5.34. The van der Waals surface area contributed by atoms with Crippen molar-refractivity contribution in [3.63, 3.8) is 0 Å². The Morgan fingerprint density at radius 1 is 1.20 bits per heavy atom. The lowest BCUT2D eigenvalue weighted by molar-refractivity contribution is 0.534. The average molecular weight is 273 g/mol. The molecule has 1 heterocycles. The summed E-state index contributed by atoms with van der Waals surface area (Å²) < 4.78 is 27.3. The molecule has 102 valence electrons. The van der Waals surface area contributed by atoms with Gasteiger partial charge in [0.05, 0.1) is 11.6 Å². The highest BCUT2D eigenvalue weighted by Gasteiger charge is 2.10. The van der Waals surface area contributed by atoms with Gasteiger partial charge in [-0.15, -0.1) is 0 Å². The van der Waals surface area contributed by atoms with Gasteiger partial charge in [-0.25, -0.2) is 8.78 Å². The highest BCUT2D eigenvalue weighted by atomic mass is 19.1. The van der Waals surface area contributed by atoms with E-state index in [1.807, 2.05) is 19.1 Å². The number of hydrogen-bond acceptors (Lipinski definition) is 3. The largest absolute Gasteiger partial charge is 0.308 e. The van der Waals surface area contributed by atoms with Crippen LogP contribution in [-0.2, 0) is 13.1 Å². The van der Waals surface area contributed by atoms with E-state index in [4.69, 9.17) is 5.26 Å². The normalized spacial score (nSPS) is 10.3. The van der Waals surface area contributed by atoms with Crippen LogP contribution in [0.4, 0.5) is 8.78 Å². The molecule has 0 atom stereocenters. The zero-order chi connectivity index (χ0) is 14.5. The Balaban J connectivity index is 2.01. The van der Waals surface area contributed by atoms with Gasteiger partial charge in [0.1, 0.15) is 11.6 Å². The molecule has 3 nitrogen and oxygen atoms in total. The number of rotatable bonds is 4. The third kappa shape index (κ3) is 3.37. The molecular weight excluding hydrogens is 260 g/mol. The summed E-state index contributed by atoms with van der Waals surface area (Å²) in [5.41, 5.74) is 1.76. The first-order valence-corrected chi connectivity index (χ1v) is 6.10. The van der Waals surface area contributed by atoms with E-state index in [0.29, 0.717) is 6.54 Å². The molecule has 0 radical (unpaired) electrons. The first kappa shape index (κ1) is 14.1. The summed E-state index contributed by atoms with van der Waals surface area (Å²) in [7, 11) is 0. The second-order valence-corrected chi connectivity index (χ2v) is 4.44. The lowest BCUT2D eigenvalue weighted by atomic mass is 10.1. The fourth-order valence-corrected chi connectivity index (χ4v) is 1.77. The molecule has 0 saturated heterocycles. The van der Waals surface area contributed by atoms with E-state index < -0.39 is 11.6 Å². The fourth-order valence-electron chi connectivity index (χ4n) is 1.77. The van der Waals surface area contributed by atoms with Crippen molar-refractivity contribution in [1.29, 1.82) is 5.26 Å². The molecule has 0 fully saturated rings. The number of halogens is 2. The van der Waals surface area contributed by atoms with Crippen LogP contribution in [0.5, 0.6) is 0 Å². The minimum Gasteiger partial charge on any atom is -0.308 e. The van der Waals surface area contributed by atoms with Crippen LogP contribution >= 0.6 is 0 Å². The van der Waals surface area contributed by atoms with Crippen LogP contribution in [0.25, 0.3) is 0 Å². The zero-order valence-electron chi connectivity index (χ0n) is 11.0. The smallest absolute Gasteiger partial charge is 0.131 e. The SMILES string of the molecule is Cc1ccc(CNCc2c(F)cc(C#N)cc2F)cn1. The molecule has 2 rings (SSSR count). The van der Waals surface area contributed by atoms with Crippen LogP contribution in [0.1, 0.15) is 22.4 Å². The van der Waals surface area contributed by atoms with E-state index in [9.17, 15) is 8.78 Å². The molecule has 1 aromatic heterocycles. The molecule has 0 aliphatic heterocycles. The predicted molar refractivity (Wildman–Crippen MR) is 70.6 cm³/mol. The van der Waals surface area contributed by atoms with E-state index in [1.54, 1.807) is 12.3 Å². The molecule has 5 heteroatoms. The number of aromatic nitrogens is 1. The van der Waals surface area contributed by atoms with E-state index in [0.717, 1.165) is 23.4 Å². The molecule has 0 unspecified atom stereocenters. The maximum atomic E-state index is 13.6. The molecular formula is C15H13F2N3. The van der Waals surface area contributed by atoms with Crippen molar-refractivity contribution in [2.45, 2.75) is 20.0 Å². The zero-order valence-corrected chi connectivity index (χ0v) is 11.0. The van der Waals surface area contributed by atoms with Gasteiger partial charge in [0.15, 0.2) is 0 Å². The molecule has 0 aliphatic carbocycles. The van der Waals surface area contributed by atoms with Crippen molar-refractivity contribution < 1.29 is 8.78 Å². The second-order valence-electron chi connectivity index (χ2n) is 4.44. The van der Waals surface area contributed by atoms with Gasteiger partial charge in [0.25, 0.3) is 0 Å². The third-order valence-corrected chi connectivity index (χ3v) is 2.87. The van der Waals surface area contributed by atoms with Crippen molar-refractivity contribution in [2.24, 2.45) is 0 Å². The van der Waals surface area contributed by atoms with E-state index in [1.165, 1.54) is 0 Å². The lowest BCUT2D eigenvalue weighted by Crippen LogP contribution is -2.15. The van der Waals surface area contributed by atoms with Gasteiger partial charge < -0.3 is 5.32 Å². The molecule has 0 saturated carbocycles. The van der Waals surface area contributed by atoms with Gasteiger partial charge >= 0.3 is 0 Å². The minimum absolute atomic E-state index is 0.0218. The summed E-state index contributed by atoms with van der Waals surface area (Å²) in [6.45, 7) is 2.40. The molecule has 20 heavy (non-hydrogen) atoms. The third-order valence-electron chi connectivity index (χ3n) is 2.87. The van der Waals surface area contributed by atoms with Crippen LogP contribution in [0.2, 0.25) is 0 Å². The van der Waals surface area contributed by atoms with Crippen LogP contribution in [0, 0.1) is 29.9 Å². The van der Waals surface area contributed by atoms with Crippen molar-refractivity contribution in [3.8, 4) is 6.07 Å². The number of pyridine rings is 1. The molecule has 1 N–H and O–H groups in total. The van der Waals surface area contributed by atoms with Gasteiger partial charge in [-0.1, -0.05) is 6.07 Å². The summed E-state index contributed by atoms with van der Waals surface area (Å²) in [6.07, 6.45) is 1.72. The number of benzene rings is 1. The quantitative estimate of drug-likeness (QED) is 0.931. The summed E-state index contributed by atoms with van der Waals surface area (Å²) >= 11 is 0. The maximum Gasteiger partial charge on any atom is 0.131 e. The monoisotopic (exact) mass is 273 g/mol. The van der Waals surface area contributed by atoms with Crippen molar-refractivity contribution in [3.05, 3.63) is 64.5 Å². The van der Waals surface area contributed by atoms with Gasteiger partial charge in [0.2, 0.25) is 0 Å². The van der Waals surface area contributed by atoms with Gasteiger partial charge in [-0.3, -0.25) is 4.98 Å². The van der Waals surface area contributed by atoms with E-state index in [2.05, 4.69) is 10.3 Å². The van der Waals surface area contributed by atoms with E-state index in [-0.39, 0.29) is 17.7 Å². The Bertz CT molecular complexity index is 622. The summed E-state index contributed by atoms with van der Waals surface area (Å²) in [5.74, 6) is -1.42. The molecule has 0 aliphatic rings. The fraction of sp³-hybridized carbons (Fsp3) is 0.200. The molecule has 0 amide bonds. The summed E-state index contributed by atoms with van der Waals surface area (Å²) in [5, 5.41) is 11.6. The minimum atomic E-state index is -0.712. The Morgan fingerprint density at radius 3 is 2.45 bits per heavy atom. The molecule has 2 aromatic rings. The number of nitrogens with zero attached hydrogens (tertiary/aromatic N) is 2. The molecule has 0 bridgehead atoms. The summed E-state index contributed by atoms with van der Waals surface area (Å²) in [4.78, 5) is 4.14. The van der Waals surface area contributed by atoms with Crippen molar-refractivity contribution in [2.75, 3.05) is 0 Å². The predicted octanol–water partition coefficient (Wildman–Crippen LogP) is 2.83. The number of hydrogen-bond donors (Lipinski definition) is 1. The first-order valence-electron chi connectivity index (χ1n) is 6.10. The summed E-state index contributed by atoms with van der Waals surface area (Å²) in [6, 6.07) is 7.56. The van der Waals surface area contributed by atoms with Crippen molar-refractivity contribution in [1.82, 2.24) is 10.3 Å². The Kier molecular flexibility index (Phi) is 4.38. The highest BCUT2D eigenvalue weighted by Crippen LogP contribution is 2.15. The van der Waals surface area contributed by atoms with E-state index >= 15 is 0 Å². The van der Waals surface area contributed by atoms with Crippen molar-refractivity contribution >= 4 is 0 Å². The standard InChI is InChI=1S/C15H13F2N3/c1-10-2-3-11(8-20-10)7-19-9-13-14(16)4-12(6-18)5-15(13)17/h2-5,8,19H,7,9H2,1H3. The Morgan fingerprint density at radius 2 is 1.90 bits per heavy atom. The van der Waals surface area contributed by atoms with Gasteiger partial charge in [-0.05, 0) is 30.7 Å². The van der Waals surface area contributed by atoms with Crippen LogP contribution in [0.15, 0.2) is 30.5 Å². The van der Waals surface area contributed by atoms with Gasteiger partial charge in [-0.2, -0.15) is 5.26 Å².